The average Bonchev–Trinajstić information content (AvgIpc) is 2.76. The molecule has 0 heterocycles. The van der Waals surface area contributed by atoms with Crippen LogP contribution < -0.4 is 0 Å². The summed E-state index contributed by atoms with van der Waals surface area (Å²) < 4.78 is 9.79. The van der Waals surface area contributed by atoms with Crippen molar-refractivity contribution in [2.75, 3.05) is 46.1 Å². The molecule has 1 unspecified atom stereocenters. The Labute approximate surface area is 200 Å². The third-order valence-corrected chi connectivity index (χ3v) is 4.64. The molecule has 0 fully saturated rings. The molecule has 3 N–H and O–H groups in total. The van der Waals surface area contributed by atoms with Gasteiger partial charge in [-0.2, -0.15) is 0 Å². The maximum absolute atomic E-state index is 11.1. The van der Waals surface area contributed by atoms with E-state index in [1.807, 2.05) is 0 Å². The number of unbranched alkanes of at least 4 members (excludes halogenated alkanes) is 7. The summed E-state index contributed by atoms with van der Waals surface area (Å²) in [6.45, 7) is 13.6. The van der Waals surface area contributed by atoms with Crippen LogP contribution in [0.2, 0.25) is 0 Å². The van der Waals surface area contributed by atoms with E-state index in [0.717, 1.165) is 12.8 Å². The number of carbonyl (C=O) groups is 2. The number of hydrogen-bond acceptors (Lipinski definition) is 8. The molecular weight excluding hydrogens is 426 g/mol. The molecule has 0 saturated carbocycles. The quantitative estimate of drug-likeness (QED) is 0.149. The molecule has 8 heteroatoms. The van der Waals surface area contributed by atoms with Crippen molar-refractivity contribution in [2.45, 2.75) is 78.2 Å². The van der Waals surface area contributed by atoms with E-state index in [4.69, 9.17) is 19.7 Å². The predicted octanol–water partition coefficient (Wildman–Crippen LogP) is 3.00. The smallest absolute Gasteiger partial charge is 0.333 e. The lowest BCUT2D eigenvalue weighted by molar-refractivity contribution is -0.142. The summed E-state index contributed by atoms with van der Waals surface area (Å²) in [4.78, 5) is 23.8. The Morgan fingerprint density at radius 3 is 1.73 bits per heavy atom. The number of ether oxygens (including phenoxy) is 2. The summed E-state index contributed by atoms with van der Waals surface area (Å²) in [5.41, 5.74) is 0.763. The van der Waals surface area contributed by atoms with Crippen molar-refractivity contribution in [1.29, 1.82) is 0 Å². The molecule has 0 spiro atoms. The van der Waals surface area contributed by atoms with E-state index in [1.165, 1.54) is 45.4 Å². The topological polar surface area (TPSA) is 117 Å². The Balaban J connectivity index is 0. The van der Waals surface area contributed by atoms with Crippen molar-refractivity contribution in [3.8, 4) is 0 Å². The van der Waals surface area contributed by atoms with Crippen LogP contribution in [0.1, 0.15) is 72.1 Å². The van der Waals surface area contributed by atoms with Crippen molar-refractivity contribution in [3.63, 3.8) is 0 Å². The number of rotatable bonds is 19. The first-order chi connectivity index (χ1) is 15.7. The van der Waals surface area contributed by atoms with Crippen LogP contribution in [0.5, 0.6) is 0 Å². The van der Waals surface area contributed by atoms with Gasteiger partial charge in [0.05, 0.1) is 19.8 Å². The zero-order chi connectivity index (χ0) is 25.5. The molecule has 0 aromatic heterocycles. The highest BCUT2D eigenvalue weighted by atomic mass is 16.5. The number of aliphatic hydroxyl groups excluding tert-OH is 3. The minimum Gasteiger partial charge on any atom is -0.462 e. The molecule has 0 amide bonds. The predicted molar refractivity (Wildman–Crippen MR) is 131 cm³/mol. The molecule has 33 heavy (non-hydrogen) atoms. The number of hydrogen-bond donors (Lipinski definition) is 3. The molecule has 194 valence electrons. The fourth-order valence-electron chi connectivity index (χ4n) is 2.75. The first kappa shape index (κ1) is 33.4. The molecule has 1 atom stereocenters. The zero-order valence-electron chi connectivity index (χ0n) is 21.0. The van der Waals surface area contributed by atoms with Gasteiger partial charge in [-0.3, -0.25) is 4.90 Å². The highest BCUT2D eigenvalue weighted by Gasteiger charge is 2.13. The van der Waals surface area contributed by atoms with Crippen LogP contribution in [0.25, 0.3) is 0 Å². The Morgan fingerprint density at radius 1 is 0.818 bits per heavy atom. The van der Waals surface area contributed by atoms with Crippen LogP contribution in [0.4, 0.5) is 0 Å². The Hall–Kier alpha value is -1.74. The van der Waals surface area contributed by atoms with Gasteiger partial charge in [-0.15, -0.1) is 0 Å². The zero-order valence-corrected chi connectivity index (χ0v) is 21.0. The molecule has 0 radical (unpaired) electrons. The van der Waals surface area contributed by atoms with Crippen LogP contribution in [0, 0.1) is 0 Å². The second kappa shape index (κ2) is 23.4. The maximum Gasteiger partial charge on any atom is 0.333 e. The first-order valence-corrected chi connectivity index (χ1v) is 12.0. The molecule has 0 aromatic rings. The SMILES string of the molecule is C=C(C)C(=O)OCC(O)CN(CCO)CCO.C=C(C)C(=O)OCCCCCCCCCC. The van der Waals surface area contributed by atoms with E-state index in [9.17, 15) is 14.7 Å². The standard InChI is InChI=1S/C14H26O2.C11H21NO5/c1-4-5-6-7-8-9-10-11-12-16-14(15)13(2)3;1-9(2)11(16)17-8-10(15)7-12(3-5-13)4-6-14/h2,4-12H2,1,3H3;10,13-15H,1,3-8H2,2H3. The second-order valence-corrected chi connectivity index (χ2v) is 8.17. The summed E-state index contributed by atoms with van der Waals surface area (Å²) in [5.74, 6) is -0.803. The minimum atomic E-state index is -0.851. The average molecular weight is 474 g/mol. The van der Waals surface area contributed by atoms with E-state index in [1.54, 1.807) is 11.8 Å². The minimum absolute atomic E-state index is 0.0573. The molecule has 0 saturated heterocycles. The van der Waals surface area contributed by atoms with Gasteiger partial charge in [-0.1, -0.05) is 65.0 Å². The van der Waals surface area contributed by atoms with E-state index < -0.39 is 12.1 Å². The van der Waals surface area contributed by atoms with Crippen molar-refractivity contribution in [1.82, 2.24) is 4.90 Å². The fraction of sp³-hybridized carbons (Fsp3) is 0.760. The van der Waals surface area contributed by atoms with Crippen molar-refractivity contribution in [3.05, 3.63) is 24.3 Å². The normalized spacial score (nSPS) is 11.4. The molecule has 0 aromatic carbocycles. The lowest BCUT2D eigenvalue weighted by atomic mass is 10.1. The van der Waals surface area contributed by atoms with Crippen LogP contribution in [0.15, 0.2) is 24.3 Å². The van der Waals surface area contributed by atoms with Gasteiger partial charge < -0.3 is 24.8 Å². The summed E-state index contributed by atoms with van der Waals surface area (Å²) in [5, 5.41) is 27.1. The first-order valence-electron chi connectivity index (χ1n) is 12.0. The van der Waals surface area contributed by atoms with E-state index in [0.29, 0.717) is 25.3 Å². The summed E-state index contributed by atoms with van der Waals surface area (Å²) >= 11 is 0. The van der Waals surface area contributed by atoms with Gasteiger partial charge in [0.1, 0.15) is 12.7 Å². The fourth-order valence-corrected chi connectivity index (χ4v) is 2.75. The van der Waals surface area contributed by atoms with Crippen LogP contribution in [-0.4, -0.2) is 84.3 Å². The lowest BCUT2D eigenvalue weighted by Crippen LogP contribution is -2.38. The van der Waals surface area contributed by atoms with Gasteiger partial charge >= 0.3 is 11.9 Å². The van der Waals surface area contributed by atoms with Crippen LogP contribution in [0.3, 0.4) is 0 Å². The number of aliphatic hydroxyl groups is 3. The second-order valence-electron chi connectivity index (χ2n) is 8.17. The summed E-state index contributed by atoms with van der Waals surface area (Å²) in [7, 11) is 0. The number of esters is 2. The Bertz CT molecular complexity index is 531. The number of carbonyl (C=O) groups excluding carboxylic acids is 2. The van der Waals surface area contributed by atoms with Crippen LogP contribution in [-0.2, 0) is 19.1 Å². The third kappa shape index (κ3) is 23.2. The van der Waals surface area contributed by atoms with E-state index in [-0.39, 0.29) is 37.9 Å². The highest BCUT2D eigenvalue weighted by Crippen LogP contribution is 2.08. The molecule has 0 aliphatic heterocycles. The number of nitrogens with zero attached hydrogens (tertiary/aromatic N) is 1. The monoisotopic (exact) mass is 473 g/mol. The van der Waals surface area contributed by atoms with Gasteiger partial charge in [0, 0.05) is 30.8 Å². The van der Waals surface area contributed by atoms with Gasteiger partial charge in [0.2, 0.25) is 0 Å². The lowest BCUT2D eigenvalue weighted by Gasteiger charge is -2.23. The summed E-state index contributed by atoms with van der Waals surface area (Å²) in [6, 6.07) is 0. The van der Waals surface area contributed by atoms with Crippen molar-refractivity contribution < 1.29 is 34.4 Å². The largest absolute Gasteiger partial charge is 0.462 e. The Kier molecular flexibility index (Phi) is 23.7. The van der Waals surface area contributed by atoms with E-state index in [2.05, 4.69) is 20.1 Å². The Morgan fingerprint density at radius 2 is 1.27 bits per heavy atom. The molecule has 0 aliphatic rings. The third-order valence-electron chi connectivity index (χ3n) is 4.64. The molecular formula is C25H47NO7. The highest BCUT2D eigenvalue weighted by molar-refractivity contribution is 5.87. The van der Waals surface area contributed by atoms with Gasteiger partial charge in [-0.05, 0) is 20.3 Å². The van der Waals surface area contributed by atoms with Crippen molar-refractivity contribution in [2.24, 2.45) is 0 Å². The van der Waals surface area contributed by atoms with Crippen molar-refractivity contribution >= 4 is 11.9 Å². The van der Waals surface area contributed by atoms with Gasteiger partial charge in [0.15, 0.2) is 0 Å². The maximum atomic E-state index is 11.1. The van der Waals surface area contributed by atoms with E-state index >= 15 is 0 Å². The summed E-state index contributed by atoms with van der Waals surface area (Å²) in [6.07, 6.45) is 9.23. The van der Waals surface area contributed by atoms with Gasteiger partial charge in [-0.25, -0.2) is 9.59 Å². The van der Waals surface area contributed by atoms with Crippen LogP contribution >= 0.6 is 0 Å². The molecule has 0 aliphatic carbocycles. The molecule has 8 nitrogen and oxygen atoms in total. The molecule has 0 bridgehead atoms. The van der Waals surface area contributed by atoms with Gasteiger partial charge in [0.25, 0.3) is 0 Å². The molecule has 0 rings (SSSR count).